The van der Waals surface area contributed by atoms with Crippen LogP contribution in [0.15, 0.2) is 9.90 Å². The van der Waals surface area contributed by atoms with E-state index in [4.69, 9.17) is 9.63 Å². The highest BCUT2D eigenvalue weighted by molar-refractivity contribution is 7.99. The highest BCUT2D eigenvalue weighted by Crippen LogP contribution is 2.14. The number of rotatable bonds is 6. The lowest BCUT2D eigenvalue weighted by molar-refractivity contribution is -0.133. The molecule has 0 saturated carbocycles. The van der Waals surface area contributed by atoms with Crippen LogP contribution in [0, 0.1) is 6.92 Å². The summed E-state index contributed by atoms with van der Waals surface area (Å²) in [7, 11) is 0. The van der Waals surface area contributed by atoms with Crippen LogP contribution in [-0.4, -0.2) is 32.0 Å². The highest BCUT2D eigenvalue weighted by atomic mass is 32.2. The first-order chi connectivity index (χ1) is 8.63. The lowest BCUT2D eigenvalue weighted by Crippen LogP contribution is -1.98. The molecule has 0 radical (unpaired) electrons. The van der Waals surface area contributed by atoms with Crippen LogP contribution < -0.4 is 0 Å². The van der Waals surface area contributed by atoms with Gasteiger partial charge in [0.25, 0.3) is 0 Å². The van der Waals surface area contributed by atoms with Gasteiger partial charge in [0.15, 0.2) is 5.82 Å². The van der Waals surface area contributed by atoms with E-state index in [-0.39, 0.29) is 5.75 Å². The Labute approximate surface area is 111 Å². The summed E-state index contributed by atoms with van der Waals surface area (Å²) in [5, 5.41) is 15.3. The van der Waals surface area contributed by atoms with Crippen LogP contribution in [0.25, 0.3) is 0 Å². The normalized spacial score (nSPS) is 10.7. The molecular weight excluding hydrogens is 274 g/mol. The summed E-state index contributed by atoms with van der Waals surface area (Å²) in [4.78, 5) is 18.8. The van der Waals surface area contributed by atoms with Crippen molar-refractivity contribution in [2.24, 2.45) is 0 Å². The topological polar surface area (TPSA) is 89.1 Å². The zero-order valence-electron chi connectivity index (χ0n) is 9.62. The van der Waals surface area contributed by atoms with Crippen LogP contribution in [0.4, 0.5) is 0 Å². The van der Waals surface area contributed by atoms with Gasteiger partial charge < -0.3 is 9.63 Å². The molecule has 2 rings (SSSR count). The summed E-state index contributed by atoms with van der Waals surface area (Å²) in [6.45, 7) is 1.93. The summed E-state index contributed by atoms with van der Waals surface area (Å²) < 4.78 is 5.03. The molecule has 8 heteroatoms. The third-order valence-electron chi connectivity index (χ3n) is 1.94. The summed E-state index contributed by atoms with van der Waals surface area (Å²) >= 11 is 2.79. The van der Waals surface area contributed by atoms with Crippen molar-refractivity contribution in [1.29, 1.82) is 0 Å². The number of thioether (sulfide) groups is 1. The predicted octanol–water partition coefficient (Wildman–Crippen LogP) is 1.74. The molecule has 0 saturated heterocycles. The first-order valence-electron chi connectivity index (χ1n) is 5.15. The Morgan fingerprint density at radius 2 is 2.39 bits per heavy atom. The lowest BCUT2D eigenvalue weighted by atomic mass is 10.4. The van der Waals surface area contributed by atoms with Crippen LogP contribution >= 0.6 is 23.1 Å². The molecule has 0 aliphatic heterocycles. The second kappa shape index (κ2) is 5.96. The average molecular weight is 285 g/mol. The number of aryl methyl sites for hydroxylation is 1. The number of hydrogen-bond donors (Lipinski definition) is 1. The summed E-state index contributed by atoms with van der Waals surface area (Å²) in [6.07, 6.45) is 0.547. The van der Waals surface area contributed by atoms with Gasteiger partial charge in [-0.1, -0.05) is 5.16 Å². The Balaban J connectivity index is 1.88. The Bertz CT molecular complexity index is 538. The summed E-state index contributed by atoms with van der Waals surface area (Å²) in [5.41, 5.74) is 0.982. The van der Waals surface area contributed by atoms with Crippen molar-refractivity contribution in [2.45, 2.75) is 19.1 Å². The van der Waals surface area contributed by atoms with E-state index in [2.05, 4.69) is 15.1 Å². The van der Waals surface area contributed by atoms with Crippen molar-refractivity contribution in [3.05, 3.63) is 27.8 Å². The van der Waals surface area contributed by atoms with E-state index >= 15 is 0 Å². The highest BCUT2D eigenvalue weighted by Gasteiger charge is 2.09. The van der Waals surface area contributed by atoms with Gasteiger partial charge in [-0.25, -0.2) is 4.98 Å². The van der Waals surface area contributed by atoms with Crippen LogP contribution in [0.1, 0.15) is 22.4 Å². The summed E-state index contributed by atoms with van der Waals surface area (Å²) in [5.74, 6) is 0.623. The van der Waals surface area contributed by atoms with E-state index in [1.165, 1.54) is 11.8 Å². The van der Waals surface area contributed by atoms with Crippen LogP contribution in [-0.2, 0) is 17.0 Å². The Kier molecular flexibility index (Phi) is 4.32. The number of nitrogens with zero attached hydrogens (tertiary/aromatic N) is 3. The van der Waals surface area contributed by atoms with Gasteiger partial charge in [0.05, 0.1) is 17.9 Å². The number of carbonyl (C=O) groups is 1. The standard InChI is InChI=1S/C10H11N3O3S2/c1-6-3-18-9(11-6)2-7-12-8(16-13-7)4-17-5-10(14)15/h3H,2,4-5H2,1H3,(H,14,15). The molecule has 18 heavy (non-hydrogen) atoms. The zero-order chi connectivity index (χ0) is 13.0. The third kappa shape index (κ3) is 3.81. The Morgan fingerprint density at radius 1 is 1.56 bits per heavy atom. The minimum absolute atomic E-state index is 0.0311. The fourth-order valence-electron chi connectivity index (χ4n) is 1.27. The SMILES string of the molecule is Cc1csc(Cc2noc(CSCC(=O)O)n2)n1. The molecule has 2 aromatic rings. The first kappa shape index (κ1) is 13.0. The molecule has 0 aliphatic carbocycles. The second-order valence-electron chi connectivity index (χ2n) is 3.55. The number of carboxylic acid groups (broad SMARTS) is 1. The molecule has 2 heterocycles. The van der Waals surface area contributed by atoms with Gasteiger partial charge in [0, 0.05) is 11.1 Å². The van der Waals surface area contributed by atoms with Crippen LogP contribution in [0.3, 0.4) is 0 Å². The van der Waals surface area contributed by atoms with E-state index in [1.54, 1.807) is 11.3 Å². The van der Waals surface area contributed by atoms with Gasteiger partial charge in [-0.05, 0) is 6.92 Å². The third-order valence-corrected chi connectivity index (χ3v) is 3.81. The number of thiazole rings is 1. The predicted molar refractivity (Wildman–Crippen MR) is 67.8 cm³/mol. The van der Waals surface area contributed by atoms with E-state index in [9.17, 15) is 4.79 Å². The van der Waals surface area contributed by atoms with Gasteiger partial charge in [0.2, 0.25) is 5.89 Å². The number of hydrogen-bond acceptors (Lipinski definition) is 7. The molecular formula is C10H11N3O3S2. The molecule has 0 aromatic carbocycles. The summed E-state index contributed by atoms with van der Waals surface area (Å²) in [6, 6.07) is 0. The molecule has 6 nitrogen and oxygen atoms in total. The first-order valence-corrected chi connectivity index (χ1v) is 7.19. The fraction of sp³-hybridized carbons (Fsp3) is 0.400. The molecule has 0 spiro atoms. The Morgan fingerprint density at radius 3 is 3.06 bits per heavy atom. The van der Waals surface area contributed by atoms with Gasteiger partial charge >= 0.3 is 5.97 Å². The smallest absolute Gasteiger partial charge is 0.313 e. The van der Waals surface area contributed by atoms with Crippen molar-refractivity contribution < 1.29 is 14.4 Å². The molecule has 0 aliphatic rings. The monoisotopic (exact) mass is 285 g/mol. The van der Waals surface area contributed by atoms with Crippen molar-refractivity contribution >= 4 is 29.1 Å². The molecule has 96 valence electrons. The quantitative estimate of drug-likeness (QED) is 0.864. The lowest BCUT2D eigenvalue weighted by Gasteiger charge is -1.91. The molecule has 1 N–H and O–H groups in total. The van der Waals surface area contributed by atoms with Crippen LogP contribution in [0.2, 0.25) is 0 Å². The largest absolute Gasteiger partial charge is 0.481 e. The minimum Gasteiger partial charge on any atom is -0.481 e. The molecule has 2 aromatic heterocycles. The molecule has 0 amide bonds. The number of carboxylic acids is 1. The zero-order valence-corrected chi connectivity index (χ0v) is 11.3. The number of aliphatic carboxylic acids is 1. The molecule has 0 unspecified atom stereocenters. The maximum Gasteiger partial charge on any atom is 0.313 e. The van der Waals surface area contributed by atoms with E-state index in [1.807, 2.05) is 12.3 Å². The van der Waals surface area contributed by atoms with Gasteiger partial charge in [0.1, 0.15) is 5.01 Å². The van der Waals surface area contributed by atoms with Gasteiger partial charge in [-0.3, -0.25) is 4.79 Å². The van der Waals surface area contributed by atoms with Crippen molar-refractivity contribution in [3.8, 4) is 0 Å². The van der Waals surface area contributed by atoms with E-state index in [0.29, 0.717) is 23.9 Å². The maximum absolute atomic E-state index is 10.3. The van der Waals surface area contributed by atoms with E-state index in [0.717, 1.165) is 10.7 Å². The second-order valence-corrected chi connectivity index (χ2v) is 5.48. The fourth-order valence-corrected chi connectivity index (χ4v) is 2.60. The minimum atomic E-state index is -0.849. The maximum atomic E-state index is 10.3. The molecule has 0 atom stereocenters. The van der Waals surface area contributed by atoms with Crippen molar-refractivity contribution in [2.75, 3.05) is 5.75 Å². The van der Waals surface area contributed by atoms with Crippen LogP contribution in [0.5, 0.6) is 0 Å². The van der Waals surface area contributed by atoms with E-state index < -0.39 is 5.97 Å². The van der Waals surface area contributed by atoms with Gasteiger partial charge in [-0.2, -0.15) is 4.98 Å². The molecule has 0 bridgehead atoms. The van der Waals surface area contributed by atoms with Crippen molar-refractivity contribution in [1.82, 2.24) is 15.1 Å². The average Bonchev–Trinajstić information content (AvgIpc) is 2.89. The number of aromatic nitrogens is 3. The Hall–Kier alpha value is -1.41. The van der Waals surface area contributed by atoms with Crippen molar-refractivity contribution in [3.63, 3.8) is 0 Å². The molecule has 0 fully saturated rings. The van der Waals surface area contributed by atoms with Gasteiger partial charge in [-0.15, -0.1) is 23.1 Å².